The molecule has 0 radical (unpaired) electrons. The van der Waals surface area contributed by atoms with Crippen LogP contribution in [0, 0.1) is 34.5 Å². The second-order valence-electron chi connectivity index (χ2n) is 25.7. The first kappa shape index (κ1) is 54.9. The lowest BCUT2D eigenvalue weighted by molar-refractivity contribution is 0.585. The van der Waals surface area contributed by atoms with Gasteiger partial charge in [0.2, 0.25) is 35.3 Å². The number of aromatic nitrogens is 16. The van der Waals surface area contributed by atoms with Crippen LogP contribution < -0.4 is 0 Å². The van der Waals surface area contributed by atoms with Crippen molar-refractivity contribution in [1.29, 1.82) is 0 Å². The second-order valence-corrected chi connectivity index (χ2v) is 30.6. The molecule has 0 aliphatic carbocycles. The van der Waals surface area contributed by atoms with Crippen LogP contribution in [0.25, 0.3) is 200 Å². The Balaban J connectivity index is 0.000000105. The van der Waals surface area contributed by atoms with E-state index in [1.807, 2.05) is 124 Å². The highest BCUT2D eigenvalue weighted by molar-refractivity contribution is 7.25. The molecule has 0 atom stereocenters. The molecule has 24 aromatic rings. The van der Waals surface area contributed by atoms with Gasteiger partial charge in [-0.3, -0.25) is 22.0 Å². The Bertz CT molecular complexity index is 7680. The average molecular weight is 1470 g/mol. The van der Waals surface area contributed by atoms with Crippen LogP contribution in [0.15, 0.2) is 226 Å². The van der Waals surface area contributed by atoms with Gasteiger partial charge < -0.3 is 13.3 Å². The van der Waals surface area contributed by atoms with Crippen LogP contribution in [-0.4, -0.2) is 77.5 Å². The molecule has 0 spiro atoms. The van der Waals surface area contributed by atoms with E-state index >= 15 is 0 Å². The van der Waals surface area contributed by atoms with Crippen molar-refractivity contribution < 1.29 is 21.5 Å². The second kappa shape index (κ2) is 23.1. The molecule has 0 N–H and O–H groups in total. The van der Waals surface area contributed by atoms with E-state index in [0.29, 0.717) is 56.3 Å². The number of hydrogen-bond donors (Lipinski definition) is 0. The van der Waals surface area contributed by atoms with E-state index in [0.717, 1.165) is 155 Å². The Hall–Kier alpha value is -12.7. The van der Waals surface area contributed by atoms with E-state index in [1.165, 1.54) is 28.2 Å². The number of benzene rings is 11. The summed E-state index contributed by atoms with van der Waals surface area (Å²) in [5, 5.41) is 26.4. The Morgan fingerprint density at radius 1 is 0.245 bits per heavy atom. The minimum absolute atomic E-state index is 0.250. The molecule has 106 heavy (non-hydrogen) atoms. The summed E-state index contributed by atoms with van der Waals surface area (Å²) in [5.41, 5.74) is 23.0. The highest BCUT2D eigenvalue weighted by Gasteiger charge is 2.26. The molecule has 0 aliphatic rings. The van der Waals surface area contributed by atoms with Crippen molar-refractivity contribution >= 4 is 188 Å². The van der Waals surface area contributed by atoms with Gasteiger partial charge in [-0.05, 0) is 165 Å². The minimum Gasteiger partial charge on any atom is -0.416 e. The predicted molar refractivity (Wildman–Crippen MR) is 427 cm³/mol. The maximum atomic E-state index is 7.94. The molecular formula is C82H50N16O3S5. The van der Waals surface area contributed by atoms with Gasteiger partial charge in [-0.15, -0.1) is 30.6 Å². The van der Waals surface area contributed by atoms with Gasteiger partial charge in [0.15, 0.2) is 24.8 Å². The number of hydrogen-bond acceptors (Lipinski definition) is 19. The Labute approximate surface area is 625 Å². The summed E-state index contributed by atoms with van der Waals surface area (Å²) in [6.45, 7) is 1.76. The maximum absolute atomic E-state index is 7.94. The van der Waals surface area contributed by atoms with Gasteiger partial charge in [0, 0.05) is 13.8 Å². The smallest absolute Gasteiger partial charge is 0.249 e. The summed E-state index contributed by atoms with van der Waals surface area (Å²) in [6, 6.07) is 69.3. The van der Waals surface area contributed by atoms with Gasteiger partial charge in [-0.1, -0.05) is 166 Å². The third kappa shape index (κ3) is 9.08. The first-order valence-corrected chi connectivity index (χ1v) is 37.7. The van der Waals surface area contributed by atoms with Crippen LogP contribution in [0.1, 0.15) is 36.0 Å². The number of imidazole rings is 5. The molecule has 0 unspecified atom stereocenters. The predicted octanol–water partition coefficient (Wildman–Crippen LogP) is 21.8. The average Bonchev–Trinajstić information content (AvgIpc) is 1.75. The van der Waals surface area contributed by atoms with Crippen molar-refractivity contribution in [3.63, 3.8) is 0 Å². The van der Waals surface area contributed by atoms with Crippen LogP contribution in [0.4, 0.5) is 0 Å². The normalized spacial score (nSPS) is 13.3. The van der Waals surface area contributed by atoms with Crippen molar-refractivity contribution in [1.82, 2.24) is 77.5 Å². The first-order chi connectivity index (χ1) is 54.5. The van der Waals surface area contributed by atoms with Crippen LogP contribution in [-0.2, 0) is 0 Å². The summed E-state index contributed by atoms with van der Waals surface area (Å²) in [5.74, 6) is 2.74. The van der Waals surface area contributed by atoms with Crippen LogP contribution in [0.5, 0.6) is 0 Å². The van der Waals surface area contributed by atoms with Crippen molar-refractivity contribution in [3.05, 3.63) is 240 Å². The number of fused-ring (bicyclic) bond motifs is 25. The summed E-state index contributed by atoms with van der Waals surface area (Å²) < 4.78 is 81.9. The first-order valence-electron chi connectivity index (χ1n) is 36.6. The summed E-state index contributed by atoms with van der Waals surface area (Å²) >= 11 is 7.81. The van der Waals surface area contributed by atoms with Crippen LogP contribution in [0.2, 0.25) is 0 Å². The lowest BCUT2D eigenvalue weighted by Gasteiger charge is -2.00. The maximum Gasteiger partial charge on any atom is 0.249 e. The quantitative estimate of drug-likeness (QED) is 0.152. The summed E-state index contributed by atoms with van der Waals surface area (Å²) in [7, 11) is 0. The summed E-state index contributed by atoms with van der Waals surface area (Å²) in [4.78, 5) is 28.3. The number of para-hydroxylation sites is 5. The topological polar surface area (TPSA) is 203 Å². The fourth-order valence-electron chi connectivity index (χ4n) is 14.6. The van der Waals surface area contributed by atoms with E-state index < -0.39 is 13.7 Å². The van der Waals surface area contributed by atoms with Gasteiger partial charge in [0.05, 0.1) is 134 Å². The zero-order valence-corrected chi connectivity index (χ0v) is 59.7. The Morgan fingerprint density at radius 2 is 0.472 bits per heavy atom. The molecule has 0 saturated carbocycles. The molecule has 11 aromatic carbocycles. The van der Waals surface area contributed by atoms with Crippen molar-refractivity contribution in [2.45, 2.75) is 34.5 Å². The zero-order chi connectivity index (χ0) is 75.3. The van der Waals surface area contributed by atoms with Gasteiger partial charge in [-0.2, -0.15) is 0 Å². The van der Waals surface area contributed by atoms with E-state index in [1.54, 1.807) is 58.3 Å². The number of thiazole rings is 5. The van der Waals surface area contributed by atoms with Gasteiger partial charge in [-0.25, -0.2) is 24.9 Å². The molecule has 0 fully saturated rings. The highest BCUT2D eigenvalue weighted by Crippen LogP contribution is 2.45. The van der Waals surface area contributed by atoms with Crippen molar-refractivity contribution in [2.75, 3.05) is 0 Å². The standard InChI is InChI=1S/2C30H18N6OS2.C22H14N4OS/c2*1-15-7-3-11-19-23(15)31-29-35(19)21-13-5-9-17(25(21)38-29)27-33-34-28(37-27)18-10-6-14-22-26(18)39-30-32-24-16(2)8-4-12-20(24)36(22)30;1-13-7-5-11-16-18(13)23-22-26(16)17-12-6-10-15(19(17)28-22)21-25-24-20(27-21)14-8-3-2-4-9-14/h2*3-14H,1-2H3;2-12H,1H3/i2*1D3;. The molecule has 0 saturated heterocycles. The number of aryl methyl sites for hydroxylation is 5. The van der Waals surface area contributed by atoms with E-state index in [2.05, 4.69) is 137 Å². The fourth-order valence-corrected chi connectivity index (χ4v) is 20.3. The highest BCUT2D eigenvalue weighted by atomic mass is 32.1. The molecule has 24 rings (SSSR count). The van der Waals surface area contributed by atoms with E-state index in [4.69, 9.17) is 46.4 Å². The molecule has 19 nitrogen and oxygen atoms in total. The molecule has 13 heterocycles. The molecule has 0 aliphatic heterocycles. The third-order valence-corrected chi connectivity index (χ3v) is 24.9. The lowest BCUT2D eigenvalue weighted by Crippen LogP contribution is -1.83. The molecule has 0 bridgehead atoms. The molecule has 13 aromatic heterocycles. The zero-order valence-electron chi connectivity index (χ0n) is 61.6. The molecule has 24 heteroatoms. The van der Waals surface area contributed by atoms with Crippen LogP contribution in [0.3, 0.4) is 0 Å². The van der Waals surface area contributed by atoms with Crippen molar-refractivity contribution in [3.8, 4) is 68.7 Å². The molecule has 506 valence electrons. The minimum atomic E-state index is -2.24. The third-order valence-electron chi connectivity index (χ3n) is 19.5. The van der Waals surface area contributed by atoms with Crippen LogP contribution >= 0.6 is 56.7 Å². The Morgan fingerprint density at radius 3 is 0.745 bits per heavy atom. The summed E-state index contributed by atoms with van der Waals surface area (Å²) in [6.07, 6.45) is 0. The number of nitrogens with zero attached hydrogens (tertiary/aromatic N) is 16. The molecule has 0 amide bonds. The number of rotatable bonds is 6. The van der Waals surface area contributed by atoms with Gasteiger partial charge in [0.25, 0.3) is 0 Å². The SMILES string of the molecule is Cc1cccc2c1nc1sc3c(-c4nnc(-c5ccccc5)o4)cccc3n12.[2H]C([2H])([2H])c1cccc2c1nc1sc3c(-c4nnc(-c5cccc6c5sc5nc7c(C)cccc7n56)o4)cccc3n12.[2H]C([2H])([2H])c1cccc2c1nc1sc3c(-c4nnc(-c5cccc6c5sc5nc7c(C)cccc7n56)o4)cccc3n12. The largest absolute Gasteiger partial charge is 0.416 e. The van der Waals surface area contributed by atoms with Gasteiger partial charge in [0.1, 0.15) is 0 Å². The monoisotopic (exact) mass is 1470 g/mol. The molecular weight excluding hydrogens is 1420 g/mol. The van der Waals surface area contributed by atoms with Gasteiger partial charge >= 0.3 is 0 Å². The van der Waals surface area contributed by atoms with E-state index in [-0.39, 0.29) is 11.1 Å². The van der Waals surface area contributed by atoms with Crippen molar-refractivity contribution in [2.24, 2.45) is 0 Å². The lowest BCUT2D eigenvalue weighted by atomic mass is 10.2. The van der Waals surface area contributed by atoms with E-state index in [9.17, 15) is 0 Å². The Kier molecular flexibility index (Phi) is 12.0. The fraction of sp³-hybridized carbons (Fsp3) is 0.0610.